The average molecular weight is 214 g/mol. The molecule has 0 aromatic carbocycles. The van der Waals surface area contributed by atoms with Crippen molar-refractivity contribution in [3.05, 3.63) is 0 Å². The summed E-state index contributed by atoms with van der Waals surface area (Å²) >= 11 is 0. The monoisotopic (exact) mass is 214 g/mol. The second-order valence-corrected chi connectivity index (χ2v) is 4.19. The fourth-order valence-electron chi connectivity index (χ4n) is 1.84. The molecule has 1 aliphatic rings. The summed E-state index contributed by atoms with van der Waals surface area (Å²) in [5, 5.41) is 0. The van der Waals surface area contributed by atoms with Crippen LogP contribution in [0.15, 0.2) is 0 Å². The second kappa shape index (κ2) is 6.08. The Hall–Kier alpha value is -0.610. The third kappa shape index (κ3) is 3.80. The highest BCUT2D eigenvalue weighted by molar-refractivity contribution is 5.76. The first kappa shape index (κ1) is 12.5. The molecule has 1 unspecified atom stereocenters. The Morgan fingerprint density at radius 3 is 2.60 bits per heavy atom. The lowest BCUT2D eigenvalue weighted by Crippen LogP contribution is -2.42. The number of carbonyl (C=O) groups excluding carboxylic acids is 1. The van der Waals surface area contributed by atoms with Crippen LogP contribution in [0.1, 0.15) is 32.6 Å². The number of hydrogen-bond donors (Lipinski definition) is 1. The lowest BCUT2D eigenvalue weighted by molar-refractivity contribution is -0.133. The van der Waals surface area contributed by atoms with Crippen molar-refractivity contribution in [3.63, 3.8) is 0 Å². The van der Waals surface area contributed by atoms with E-state index in [1.165, 1.54) is 0 Å². The van der Waals surface area contributed by atoms with E-state index in [-0.39, 0.29) is 11.9 Å². The summed E-state index contributed by atoms with van der Waals surface area (Å²) in [5.74, 6) is 0.193. The molecule has 1 amide bonds. The number of rotatable bonds is 4. The Labute approximate surface area is 91.8 Å². The standard InChI is InChI=1S/C11H22N2O2/c1-3-9(12)8-11(14)13-6-4-10(15-2)5-7-13/h9-10H,3-8,12H2,1-2H3. The van der Waals surface area contributed by atoms with E-state index >= 15 is 0 Å². The molecule has 0 aliphatic carbocycles. The van der Waals surface area contributed by atoms with Gasteiger partial charge in [0.05, 0.1) is 6.10 Å². The molecular formula is C11H22N2O2. The van der Waals surface area contributed by atoms with Crippen LogP contribution in [-0.4, -0.2) is 43.2 Å². The summed E-state index contributed by atoms with van der Waals surface area (Å²) in [4.78, 5) is 13.7. The van der Waals surface area contributed by atoms with Gasteiger partial charge in [0.1, 0.15) is 0 Å². The molecule has 0 spiro atoms. The largest absolute Gasteiger partial charge is 0.381 e. The Morgan fingerprint density at radius 1 is 1.53 bits per heavy atom. The lowest BCUT2D eigenvalue weighted by atomic mass is 10.1. The van der Waals surface area contributed by atoms with Crippen LogP contribution in [-0.2, 0) is 9.53 Å². The molecule has 1 heterocycles. The summed E-state index contributed by atoms with van der Waals surface area (Å²) in [7, 11) is 1.73. The summed E-state index contributed by atoms with van der Waals surface area (Å²) in [6.07, 6.45) is 3.57. The van der Waals surface area contributed by atoms with Gasteiger partial charge in [0.2, 0.25) is 5.91 Å². The SMILES string of the molecule is CCC(N)CC(=O)N1CCC(OC)CC1. The number of nitrogens with two attached hydrogens (primary N) is 1. The molecule has 0 aromatic rings. The Bertz CT molecular complexity index is 201. The lowest BCUT2D eigenvalue weighted by Gasteiger charge is -2.31. The fraction of sp³-hybridized carbons (Fsp3) is 0.909. The van der Waals surface area contributed by atoms with Crippen LogP contribution in [0.5, 0.6) is 0 Å². The maximum atomic E-state index is 11.8. The summed E-state index contributed by atoms with van der Waals surface area (Å²) in [6.45, 7) is 3.64. The number of methoxy groups -OCH3 is 1. The highest BCUT2D eigenvalue weighted by atomic mass is 16.5. The van der Waals surface area contributed by atoms with Gasteiger partial charge in [-0.1, -0.05) is 6.92 Å². The molecule has 1 atom stereocenters. The Balaban J connectivity index is 2.30. The van der Waals surface area contributed by atoms with Gasteiger partial charge in [-0.15, -0.1) is 0 Å². The number of nitrogens with zero attached hydrogens (tertiary/aromatic N) is 1. The molecule has 1 saturated heterocycles. The van der Waals surface area contributed by atoms with Crippen molar-refractivity contribution in [3.8, 4) is 0 Å². The van der Waals surface area contributed by atoms with Crippen molar-refractivity contribution >= 4 is 5.91 Å². The predicted molar refractivity (Wildman–Crippen MR) is 59.5 cm³/mol. The third-order valence-electron chi connectivity index (χ3n) is 3.09. The maximum absolute atomic E-state index is 11.8. The summed E-state index contributed by atoms with van der Waals surface area (Å²) in [5.41, 5.74) is 5.76. The average Bonchev–Trinajstić information content (AvgIpc) is 2.29. The smallest absolute Gasteiger partial charge is 0.224 e. The highest BCUT2D eigenvalue weighted by Crippen LogP contribution is 2.14. The molecule has 1 aliphatic heterocycles. The van der Waals surface area contributed by atoms with Crippen molar-refractivity contribution in [2.45, 2.75) is 44.8 Å². The van der Waals surface area contributed by atoms with E-state index in [1.54, 1.807) is 7.11 Å². The van der Waals surface area contributed by atoms with Crippen LogP contribution in [0.2, 0.25) is 0 Å². The molecule has 0 radical (unpaired) electrons. The minimum Gasteiger partial charge on any atom is -0.381 e. The molecule has 2 N–H and O–H groups in total. The van der Waals surface area contributed by atoms with Gasteiger partial charge in [0, 0.05) is 32.7 Å². The number of hydrogen-bond acceptors (Lipinski definition) is 3. The minimum atomic E-state index is 0.0117. The number of ether oxygens (including phenoxy) is 1. The van der Waals surface area contributed by atoms with Gasteiger partial charge in [0.15, 0.2) is 0 Å². The number of likely N-dealkylation sites (tertiary alicyclic amines) is 1. The number of carbonyl (C=O) groups is 1. The summed E-state index contributed by atoms with van der Waals surface area (Å²) in [6, 6.07) is 0.0117. The second-order valence-electron chi connectivity index (χ2n) is 4.19. The van der Waals surface area contributed by atoms with E-state index in [9.17, 15) is 4.79 Å². The zero-order chi connectivity index (χ0) is 11.3. The normalized spacial score (nSPS) is 20.3. The van der Waals surface area contributed by atoms with Crippen LogP contribution >= 0.6 is 0 Å². The third-order valence-corrected chi connectivity index (χ3v) is 3.09. The van der Waals surface area contributed by atoms with E-state index in [1.807, 2.05) is 11.8 Å². The molecule has 0 aromatic heterocycles. The molecule has 0 bridgehead atoms. The van der Waals surface area contributed by atoms with Crippen LogP contribution in [0.3, 0.4) is 0 Å². The molecule has 4 heteroatoms. The van der Waals surface area contributed by atoms with Gasteiger partial charge < -0.3 is 15.4 Å². The fourth-order valence-corrected chi connectivity index (χ4v) is 1.84. The van der Waals surface area contributed by atoms with Crippen LogP contribution < -0.4 is 5.73 Å². The molecule has 15 heavy (non-hydrogen) atoms. The van der Waals surface area contributed by atoms with Crippen LogP contribution in [0.4, 0.5) is 0 Å². The number of piperidine rings is 1. The van der Waals surface area contributed by atoms with Crippen molar-refractivity contribution in [1.29, 1.82) is 0 Å². The zero-order valence-corrected chi connectivity index (χ0v) is 9.74. The van der Waals surface area contributed by atoms with Gasteiger partial charge in [0.25, 0.3) is 0 Å². The van der Waals surface area contributed by atoms with E-state index in [0.29, 0.717) is 12.5 Å². The Morgan fingerprint density at radius 2 is 2.13 bits per heavy atom. The van der Waals surface area contributed by atoms with E-state index in [0.717, 1.165) is 32.4 Å². The van der Waals surface area contributed by atoms with Gasteiger partial charge in [-0.3, -0.25) is 4.79 Å². The van der Waals surface area contributed by atoms with E-state index < -0.39 is 0 Å². The Kier molecular flexibility index (Phi) is 5.05. The summed E-state index contributed by atoms with van der Waals surface area (Å²) < 4.78 is 5.26. The first-order valence-corrected chi connectivity index (χ1v) is 5.73. The molecule has 88 valence electrons. The van der Waals surface area contributed by atoms with Crippen LogP contribution in [0, 0.1) is 0 Å². The van der Waals surface area contributed by atoms with Gasteiger partial charge in [-0.2, -0.15) is 0 Å². The van der Waals surface area contributed by atoms with Crippen molar-refractivity contribution in [2.24, 2.45) is 5.73 Å². The van der Waals surface area contributed by atoms with Gasteiger partial charge in [-0.25, -0.2) is 0 Å². The van der Waals surface area contributed by atoms with Crippen molar-refractivity contribution in [1.82, 2.24) is 4.90 Å². The van der Waals surface area contributed by atoms with E-state index in [4.69, 9.17) is 10.5 Å². The molecule has 1 fully saturated rings. The van der Waals surface area contributed by atoms with Crippen molar-refractivity contribution < 1.29 is 9.53 Å². The highest BCUT2D eigenvalue weighted by Gasteiger charge is 2.23. The van der Waals surface area contributed by atoms with Gasteiger partial charge in [-0.05, 0) is 19.3 Å². The molecule has 4 nitrogen and oxygen atoms in total. The molecule has 0 saturated carbocycles. The van der Waals surface area contributed by atoms with Gasteiger partial charge >= 0.3 is 0 Å². The van der Waals surface area contributed by atoms with Crippen molar-refractivity contribution in [2.75, 3.05) is 20.2 Å². The predicted octanol–water partition coefficient (Wildman–Crippen LogP) is 0.751. The maximum Gasteiger partial charge on any atom is 0.224 e. The topological polar surface area (TPSA) is 55.6 Å². The molecular weight excluding hydrogens is 192 g/mol. The number of amides is 1. The quantitative estimate of drug-likeness (QED) is 0.751. The molecule has 1 rings (SSSR count). The van der Waals surface area contributed by atoms with Crippen LogP contribution in [0.25, 0.3) is 0 Å². The first-order chi connectivity index (χ1) is 7.17. The first-order valence-electron chi connectivity index (χ1n) is 5.73. The minimum absolute atomic E-state index is 0.0117. The van der Waals surface area contributed by atoms with E-state index in [2.05, 4.69) is 0 Å². The zero-order valence-electron chi connectivity index (χ0n) is 9.74.